The Bertz CT molecular complexity index is 792. The van der Waals surface area contributed by atoms with E-state index in [9.17, 15) is 0 Å². The van der Waals surface area contributed by atoms with Gasteiger partial charge in [0, 0.05) is 6.61 Å². The Morgan fingerprint density at radius 2 is 2.23 bits per heavy atom. The average molecular weight is 302 g/mol. The van der Waals surface area contributed by atoms with Crippen LogP contribution in [0.3, 0.4) is 0 Å². The molecule has 9 heteroatoms. The number of aryl methyl sites for hydroxylation is 1. The number of anilines is 1. The van der Waals surface area contributed by atoms with Crippen molar-refractivity contribution in [2.24, 2.45) is 0 Å². The number of hydrogen-bond donors (Lipinski definition) is 1. The highest BCUT2D eigenvalue weighted by Gasteiger charge is 2.23. The number of hydrogen-bond acceptors (Lipinski definition) is 9. The average Bonchev–Trinajstić information content (AvgIpc) is 3.26. The molecule has 0 aromatic carbocycles. The molecular weight excluding hydrogens is 288 g/mol. The summed E-state index contributed by atoms with van der Waals surface area (Å²) in [7, 11) is 0. The first-order chi connectivity index (χ1) is 10.8. The normalized spacial score (nSPS) is 18.1. The summed E-state index contributed by atoms with van der Waals surface area (Å²) in [5, 5.41) is 11.8. The number of nitrogens with zero attached hydrogens (tertiary/aromatic N) is 5. The summed E-state index contributed by atoms with van der Waals surface area (Å²) in [6.45, 7) is 2.96. The summed E-state index contributed by atoms with van der Waals surface area (Å²) in [6, 6.07) is 0. The molecule has 114 valence electrons. The Hall–Kier alpha value is -2.55. The molecule has 22 heavy (non-hydrogen) atoms. The molecule has 1 fully saturated rings. The molecule has 3 aromatic heterocycles. The van der Waals surface area contributed by atoms with Gasteiger partial charge in [-0.1, -0.05) is 10.3 Å². The van der Waals surface area contributed by atoms with E-state index in [0.29, 0.717) is 29.8 Å². The van der Waals surface area contributed by atoms with Crippen LogP contribution in [0.2, 0.25) is 0 Å². The van der Waals surface area contributed by atoms with Gasteiger partial charge in [0.25, 0.3) is 11.6 Å². The summed E-state index contributed by atoms with van der Waals surface area (Å²) in [6.07, 6.45) is 3.28. The topological polar surface area (TPSA) is 112 Å². The Kier molecular flexibility index (Phi) is 3.19. The fourth-order valence-electron chi connectivity index (χ4n) is 2.46. The molecule has 0 spiro atoms. The maximum absolute atomic E-state index is 5.52. The van der Waals surface area contributed by atoms with E-state index in [1.165, 1.54) is 6.33 Å². The lowest BCUT2D eigenvalue weighted by Crippen LogP contribution is -2.04. The fraction of sp³-hybridized carbons (Fsp3) is 0.462. The van der Waals surface area contributed by atoms with Gasteiger partial charge in [-0.3, -0.25) is 0 Å². The number of aromatic nitrogens is 5. The van der Waals surface area contributed by atoms with Crippen molar-refractivity contribution in [3.8, 4) is 0 Å². The summed E-state index contributed by atoms with van der Waals surface area (Å²) in [4.78, 5) is 12.6. The fourth-order valence-corrected chi connectivity index (χ4v) is 2.46. The zero-order valence-electron chi connectivity index (χ0n) is 11.9. The molecule has 1 atom stereocenters. The highest BCUT2D eigenvalue weighted by Crippen LogP contribution is 2.27. The maximum Gasteiger partial charge on any atom is 0.263 e. The van der Waals surface area contributed by atoms with E-state index in [1.54, 1.807) is 0 Å². The van der Waals surface area contributed by atoms with Crippen LogP contribution in [0.5, 0.6) is 0 Å². The number of fused-ring (bicyclic) bond motifs is 1. The van der Waals surface area contributed by atoms with Crippen LogP contribution in [0.25, 0.3) is 11.1 Å². The third kappa shape index (κ3) is 2.29. The first kappa shape index (κ1) is 13.1. The molecule has 1 N–H and O–H groups in total. The molecule has 0 amide bonds. The van der Waals surface area contributed by atoms with Crippen LogP contribution in [0.1, 0.15) is 36.4 Å². The second-order valence-electron chi connectivity index (χ2n) is 5.07. The van der Waals surface area contributed by atoms with Crippen LogP contribution >= 0.6 is 0 Å². The molecule has 1 aliphatic rings. The predicted octanol–water partition coefficient (Wildman–Crippen LogP) is 1.77. The summed E-state index contributed by atoms with van der Waals surface area (Å²) >= 11 is 0. The van der Waals surface area contributed by atoms with Crippen molar-refractivity contribution in [2.75, 3.05) is 11.9 Å². The van der Waals surface area contributed by atoms with E-state index < -0.39 is 0 Å². The van der Waals surface area contributed by atoms with Crippen LogP contribution in [-0.4, -0.2) is 31.9 Å². The predicted molar refractivity (Wildman–Crippen MR) is 73.9 cm³/mol. The van der Waals surface area contributed by atoms with Crippen LogP contribution in [0.4, 0.5) is 5.82 Å². The number of ether oxygens (including phenoxy) is 1. The number of nitrogens with one attached hydrogen (secondary N) is 1. The lowest BCUT2D eigenvalue weighted by molar-refractivity contribution is 0.0835. The monoisotopic (exact) mass is 302 g/mol. The zero-order chi connectivity index (χ0) is 14.9. The lowest BCUT2D eigenvalue weighted by Gasteiger charge is -2.03. The van der Waals surface area contributed by atoms with E-state index in [2.05, 4.69) is 30.6 Å². The van der Waals surface area contributed by atoms with Gasteiger partial charge in [0.1, 0.15) is 23.6 Å². The largest absolute Gasteiger partial charge is 0.368 e. The van der Waals surface area contributed by atoms with Gasteiger partial charge in [-0.2, -0.15) is 9.97 Å². The second kappa shape index (κ2) is 5.34. The van der Waals surface area contributed by atoms with Crippen LogP contribution in [-0.2, 0) is 11.3 Å². The molecule has 4 rings (SSSR count). The SMILES string of the molecule is Cc1noc2ncnc(NCc3noc([C@H]4CCCO4)n3)c12. The second-order valence-corrected chi connectivity index (χ2v) is 5.07. The molecule has 9 nitrogen and oxygen atoms in total. The van der Waals surface area contributed by atoms with E-state index in [-0.39, 0.29) is 6.10 Å². The molecule has 0 unspecified atom stereocenters. The van der Waals surface area contributed by atoms with Crippen molar-refractivity contribution < 1.29 is 13.8 Å². The molecule has 1 saturated heterocycles. The van der Waals surface area contributed by atoms with Crippen LogP contribution in [0, 0.1) is 6.92 Å². The quantitative estimate of drug-likeness (QED) is 0.770. The van der Waals surface area contributed by atoms with Crippen molar-refractivity contribution in [1.82, 2.24) is 25.3 Å². The Morgan fingerprint density at radius 1 is 1.27 bits per heavy atom. The minimum atomic E-state index is -0.0766. The number of rotatable bonds is 4. The summed E-state index contributed by atoms with van der Waals surface area (Å²) in [5.74, 6) is 1.71. The van der Waals surface area contributed by atoms with Crippen molar-refractivity contribution in [3.05, 3.63) is 23.7 Å². The van der Waals surface area contributed by atoms with E-state index in [1.807, 2.05) is 6.92 Å². The van der Waals surface area contributed by atoms with Gasteiger partial charge in [0.15, 0.2) is 5.82 Å². The maximum atomic E-state index is 5.52. The summed E-state index contributed by atoms with van der Waals surface area (Å²) < 4.78 is 15.9. The Labute approximate surface area is 125 Å². The molecular formula is C13H14N6O3. The smallest absolute Gasteiger partial charge is 0.263 e. The Balaban J connectivity index is 1.51. The van der Waals surface area contributed by atoms with E-state index in [0.717, 1.165) is 30.5 Å². The van der Waals surface area contributed by atoms with Gasteiger partial charge in [0.2, 0.25) is 0 Å². The van der Waals surface area contributed by atoms with Crippen LogP contribution in [0.15, 0.2) is 15.4 Å². The minimum absolute atomic E-state index is 0.0766. The molecule has 1 aliphatic heterocycles. The van der Waals surface area contributed by atoms with Gasteiger partial charge in [-0.15, -0.1) is 0 Å². The molecule has 0 radical (unpaired) electrons. The molecule has 3 aromatic rings. The minimum Gasteiger partial charge on any atom is -0.368 e. The molecule has 0 bridgehead atoms. The third-order valence-corrected chi connectivity index (χ3v) is 3.55. The highest BCUT2D eigenvalue weighted by molar-refractivity contribution is 5.87. The van der Waals surface area contributed by atoms with E-state index in [4.69, 9.17) is 13.8 Å². The highest BCUT2D eigenvalue weighted by atomic mass is 16.5. The van der Waals surface area contributed by atoms with Gasteiger partial charge in [-0.25, -0.2) is 4.98 Å². The van der Waals surface area contributed by atoms with Gasteiger partial charge < -0.3 is 19.1 Å². The Morgan fingerprint density at radius 3 is 3.09 bits per heavy atom. The van der Waals surface area contributed by atoms with E-state index >= 15 is 0 Å². The standard InChI is InChI=1S/C13H14N6O3/c1-7-10-11(15-6-16-13(10)22-18-7)14-5-9-17-12(21-19-9)8-3-2-4-20-8/h6,8H,2-5H2,1H3,(H,14,15,16)/t8-/m1/s1. The van der Waals surface area contributed by atoms with Crippen molar-refractivity contribution in [2.45, 2.75) is 32.4 Å². The van der Waals surface area contributed by atoms with Crippen molar-refractivity contribution >= 4 is 16.9 Å². The third-order valence-electron chi connectivity index (χ3n) is 3.55. The van der Waals surface area contributed by atoms with Gasteiger partial charge >= 0.3 is 0 Å². The molecule has 0 saturated carbocycles. The van der Waals surface area contributed by atoms with Crippen LogP contribution < -0.4 is 5.32 Å². The zero-order valence-corrected chi connectivity index (χ0v) is 11.9. The molecule has 0 aliphatic carbocycles. The first-order valence-electron chi connectivity index (χ1n) is 7.06. The van der Waals surface area contributed by atoms with Crippen molar-refractivity contribution in [3.63, 3.8) is 0 Å². The summed E-state index contributed by atoms with van der Waals surface area (Å²) in [5.41, 5.74) is 1.18. The lowest BCUT2D eigenvalue weighted by atomic mass is 10.2. The first-order valence-corrected chi connectivity index (χ1v) is 7.06. The molecule has 4 heterocycles. The van der Waals surface area contributed by atoms with Crippen molar-refractivity contribution in [1.29, 1.82) is 0 Å². The van der Waals surface area contributed by atoms with Gasteiger partial charge in [-0.05, 0) is 19.8 Å². The van der Waals surface area contributed by atoms with Gasteiger partial charge in [0.05, 0.1) is 12.2 Å².